The van der Waals surface area contributed by atoms with E-state index in [1.165, 1.54) is 6.07 Å². The number of carbonyl (C=O) groups is 1. The molecule has 0 bridgehead atoms. The van der Waals surface area contributed by atoms with E-state index in [0.29, 0.717) is 12.0 Å². The SMILES string of the molecule is C[C@@H](c1ccc(F)c(F)c1)N(C)CC(=O)N[C@@H]1CCS(=O)(=O)C1. The molecule has 1 aliphatic heterocycles. The molecule has 8 heteroatoms. The van der Waals surface area contributed by atoms with Crippen molar-refractivity contribution in [3.8, 4) is 0 Å². The van der Waals surface area contributed by atoms with Gasteiger partial charge < -0.3 is 5.32 Å². The lowest BCUT2D eigenvalue weighted by Crippen LogP contribution is -2.42. The Bertz CT molecular complexity index is 694. The molecule has 0 unspecified atom stereocenters. The zero-order valence-electron chi connectivity index (χ0n) is 13.1. The van der Waals surface area contributed by atoms with Crippen molar-refractivity contribution in [2.24, 2.45) is 0 Å². The van der Waals surface area contributed by atoms with Crippen LogP contribution in [0.25, 0.3) is 0 Å². The van der Waals surface area contributed by atoms with Crippen LogP contribution in [0.4, 0.5) is 8.78 Å². The molecule has 1 heterocycles. The van der Waals surface area contributed by atoms with E-state index in [0.717, 1.165) is 12.1 Å². The number of nitrogens with one attached hydrogen (secondary N) is 1. The fourth-order valence-corrected chi connectivity index (χ4v) is 4.25. The van der Waals surface area contributed by atoms with Crippen LogP contribution in [0.2, 0.25) is 0 Å². The minimum atomic E-state index is -3.04. The summed E-state index contributed by atoms with van der Waals surface area (Å²) in [5.74, 6) is -2.06. The van der Waals surface area contributed by atoms with E-state index in [2.05, 4.69) is 5.32 Å². The van der Waals surface area contributed by atoms with Crippen LogP contribution >= 0.6 is 0 Å². The molecular weight excluding hydrogens is 326 g/mol. The summed E-state index contributed by atoms with van der Waals surface area (Å²) in [6, 6.07) is 3.00. The van der Waals surface area contributed by atoms with Gasteiger partial charge in [0.1, 0.15) is 0 Å². The number of hydrogen-bond donors (Lipinski definition) is 1. The molecule has 1 aromatic carbocycles. The monoisotopic (exact) mass is 346 g/mol. The summed E-state index contributed by atoms with van der Waals surface area (Å²) in [6.07, 6.45) is 0.427. The van der Waals surface area contributed by atoms with Crippen molar-refractivity contribution in [2.75, 3.05) is 25.1 Å². The van der Waals surface area contributed by atoms with Crippen molar-refractivity contribution in [1.82, 2.24) is 10.2 Å². The molecule has 0 saturated carbocycles. The molecule has 0 spiro atoms. The predicted molar refractivity (Wildman–Crippen MR) is 82.6 cm³/mol. The summed E-state index contributed by atoms with van der Waals surface area (Å²) in [4.78, 5) is 13.7. The Morgan fingerprint density at radius 1 is 1.39 bits per heavy atom. The summed E-state index contributed by atoms with van der Waals surface area (Å²) < 4.78 is 49.0. The fourth-order valence-electron chi connectivity index (χ4n) is 2.57. The van der Waals surface area contributed by atoms with Crippen LogP contribution in [-0.4, -0.2) is 50.4 Å². The zero-order valence-corrected chi connectivity index (χ0v) is 13.9. The minimum absolute atomic E-state index is 0.0266. The summed E-state index contributed by atoms with van der Waals surface area (Å²) in [5, 5.41) is 2.70. The Kier molecular flexibility index (Phi) is 5.36. The van der Waals surface area contributed by atoms with E-state index < -0.39 is 21.5 Å². The lowest BCUT2D eigenvalue weighted by atomic mass is 10.1. The number of benzene rings is 1. The van der Waals surface area contributed by atoms with Crippen LogP contribution in [-0.2, 0) is 14.6 Å². The van der Waals surface area contributed by atoms with Crippen LogP contribution in [0.3, 0.4) is 0 Å². The van der Waals surface area contributed by atoms with Crippen LogP contribution in [0.1, 0.15) is 24.9 Å². The highest BCUT2D eigenvalue weighted by molar-refractivity contribution is 7.91. The quantitative estimate of drug-likeness (QED) is 0.872. The minimum Gasteiger partial charge on any atom is -0.351 e. The lowest BCUT2D eigenvalue weighted by Gasteiger charge is -2.25. The first-order valence-electron chi connectivity index (χ1n) is 7.33. The molecule has 1 N–H and O–H groups in total. The van der Waals surface area contributed by atoms with E-state index in [1.54, 1.807) is 18.9 Å². The molecule has 1 amide bonds. The second-order valence-corrected chi connectivity index (χ2v) is 8.16. The van der Waals surface area contributed by atoms with Gasteiger partial charge in [0.25, 0.3) is 0 Å². The standard InChI is InChI=1S/C15H20F2N2O3S/c1-10(11-3-4-13(16)14(17)7-11)19(2)8-15(20)18-12-5-6-23(21,22)9-12/h3-4,7,10,12H,5-6,8-9H2,1-2H3,(H,18,20)/t10-,12+/m0/s1. The fraction of sp³-hybridized carbons (Fsp3) is 0.533. The third-order valence-corrected chi connectivity index (χ3v) is 5.85. The maximum absolute atomic E-state index is 13.3. The van der Waals surface area contributed by atoms with Gasteiger partial charge in [-0.05, 0) is 38.1 Å². The van der Waals surface area contributed by atoms with Gasteiger partial charge in [-0.25, -0.2) is 17.2 Å². The Labute approximate surface area is 134 Å². The second-order valence-electron chi connectivity index (χ2n) is 5.93. The Hall–Kier alpha value is -1.54. The first kappa shape index (κ1) is 17.8. The van der Waals surface area contributed by atoms with Gasteiger partial charge in [-0.3, -0.25) is 9.69 Å². The maximum Gasteiger partial charge on any atom is 0.234 e. The first-order chi connectivity index (χ1) is 10.7. The van der Waals surface area contributed by atoms with Crippen molar-refractivity contribution >= 4 is 15.7 Å². The van der Waals surface area contributed by atoms with E-state index >= 15 is 0 Å². The van der Waals surface area contributed by atoms with Crippen LogP contribution in [0.5, 0.6) is 0 Å². The van der Waals surface area contributed by atoms with E-state index in [4.69, 9.17) is 0 Å². The van der Waals surface area contributed by atoms with Gasteiger partial charge >= 0.3 is 0 Å². The lowest BCUT2D eigenvalue weighted by molar-refractivity contribution is -0.122. The van der Waals surface area contributed by atoms with Gasteiger partial charge in [0, 0.05) is 12.1 Å². The van der Waals surface area contributed by atoms with Crippen molar-refractivity contribution in [2.45, 2.75) is 25.4 Å². The zero-order chi connectivity index (χ0) is 17.2. The molecule has 0 aromatic heterocycles. The van der Waals surface area contributed by atoms with E-state index in [1.807, 2.05) is 0 Å². The van der Waals surface area contributed by atoms with Crippen LogP contribution in [0.15, 0.2) is 18.2 Å². The molecule has 1 saturated heterocycles. The number of likely N-dealkylation sites (N-methyl/N-ethyl adjacent to an activating group) is 1. The number of carbonyl (C=O) groups excluding carboxylic acids is 1. The number of rotatable bonds is 5. The largest absolute Gasteiger partial charge is 0.351 e. The van der Waals surface area contributed by atoms with Gasteiger partial charge in [0.15, 0.2) is 21.5 Å². The average Bonchev–Trinajstić information content (AvgIpc) is 2.79. The van der Waals surface area contributed by atoms with Gasteiger partial charge in [-0.2, -0.15) is 0 Å². The van der Waals surface area contributed by atoms with Crippen LogP contribution in [0, 0.1) is 11.6 Å². The highest BCUT2D eigenvalue weighted by Gasteiger charge is 2.29. The molecular formula is C15H20F2N2O3S. The smallest absolute Gasteiger partial charge is 0.234 e. The normalized spacial score (nSPS) is 21.3. The summed E-state index contributed by atoms with van der Waals surface area (Å²) >= 11 is 0. The number of hydrogen-bond acceptors (Lipinski definition) is 4. The van der Waals surface area contributed by atoms with Gasteiger partial charge in [0.2, 0.25) is 5.91 Å². The second kappa shape index (κ2) is 6.92. The van der Waals surface area contributed by atoms with Crippen molar-refractivity contribution < 1.29 is 22.0 Å². The molecule has 5 nitrogen and oxygen atoms in total. The van der Waals surface area contributed by atoms with Crippen molar-refractivity contribution in [1.29, 1.82) is 0 Å². The molecule has 23 heavy (non-hydrogen) atoms. The molecule has 128 valence electrons. The molecule has 1 fully saturated rings. The predicted octanol–water partition coefficient (Wildman–Crippen LogP) is 1.26. The Morgan fingerprint density at radius 3 is 2.65 bits per heavy atom. The molecule has 1 aromatic rings. The van der Waals surface area contributed by atoms with Crippen LogP contribution < -0.4 is 5.32 Å². The van der Waals surface area contributed by atoms with E-state index in [9.17, 15) is 22.0 Å². The third-order valence-electron chi connectivity index (χ3n) is 4.08. The topological polar surface area (TPSA) is 66.5 Å². The van der Waals surface area contributed by atoms with E-state index in [-0.39, 0.29) is 36.0 Å². The number of amides is 1. The summed E-state index contributed by atoms with van der Waals surface area (Å²) in [6.45, 7) is 1.82. The number of nitrogens with zero attached hydrogens (tertiary/aromatic N) is 1. The number of halogens is 2. The summed E-state index contributed by atoms with van der Waals surface area (Å²) in [7, 11) is -1.35. The van der Waals surface area contributed by atoms with Gasteiger partial charge in [-0.15, -0.1) is 0 Å². The van der Waals surface area contributed by atoms with Crippen molar-refractivity contribution in [3.05, 3.63) is 35.4 Å². The maximum atomic E-state index is 13.3. The van der Waals surface area contributed by atoms with Gasteiger partial charge in [0.05, 0.1) is 18.1 Å². The average molecular weight is 346 g/mol. The van der Waals surface area contributed by atoms with Gasteiger partial charge in [-0.1, -0.05) is 6.07 Å². The molecule has 2 rings (SSSR count). The molecule has 2 atom stereocenters. The first-order valence-corrected chi connectivity index (χ1v) is 9.15. The number of sulfone groups is 1. The Morgan fingerprint density at radius 2 is 2.09 bits per heavy atom. The molecule has 0 radical (unpaired) electrons. The Balaban J connectivity index is 1.91. The third kappa shape index (κ3) is 4.71. The van der Waals surface area contributed by atoms with Crippen molar-refractivity contribution in [3.63, 3.8) is 0 Å². The molecule has 0 aliphatic carbocycles. The highest BCUT2D eigenvalue weighted by Crippen LogP contribution is 2.20. The molecule has 1 aliphatic rings. The highest BCUT2D eigenvalue weighted by atomic mass is 32.2. The summed E-state index contributed by atoms with van der Waals surface area (Å²) in [5.41, 5.74) is 0.558.